The first-order valence-corrected chi connectivity index (χ1v) is 11.5. The van der Waals surface area contributed by atoms with E-state index in [4.69, 9.17) is 0 Å². The van der Waals surface area contributed by atoms with Gasteiger partial charge in [-0.15, -0.1) is 0 Å². The van der Waals surface area contributed by atoms with Crippen molar-refractivity contribution in [3.05, 3.63) is 47.7 Å². The topological polar surface area (TPSA) is 63.2 Å². The molecule has 0 N–H and O–H groups in total. The summed E-state index contributed by atoms with van der Waals surface area (Å²) >= 11 is 2.78. The van der Waals surface area contributed by atoms with E-state index in [9.17, 15) is 9.59 Å². The highest BCUT2D eigenvalue weighted by Crippen LogP contribution is 2.23. The van der Waals surface area contributed by atoms with Crippen LogP contribution in [0.3, 0.4) is 0 Å². The van der Waals surface area contributed by atoms with Crippen molar-refractivity contribution in [3.63, 3.8) is 0 Å². The van der Waals surface area contributed by atoms with Gasteiger partial charge >= 0.3 is 0 Å². The van der Waals surface area contributed by atoms with Gasteiger partial charge in [-0.1, -0.05) is 60.8 Å². The van der Waals surface area contributed by atoms with E-state index in [1.165, 1.54) is 23.5 Å². The van der Waals surface area contributed by atoms with E-state index in [0.29, 0.717) is 28.1 Å². The Morgan fingerprint density at radius 1 is 1.07 bits per heavy atom. The second-order valence-electron chi connectivity index (χ2n) is 7.06. The summed E-state index contributed by atoms with van der Waals surface area (Å²) in [4.78, 5) is 35.6. The number of hydrogen-bond donors (Lipinski definition) is 0. The van der Waals surface area contributed by atoms with Crippen LogP contribution in [0.15, 0.2) is 46.6 Å². The molecule has 0 aliphatic carbocycles. The summed E-state index contributed by atoms with van der Waals surface area (Å²) in [7, 11) is 0. The molecule has 1 aromatic heterocycles. The predicted octanol–water partition coefficient (Wildman–Crippen LogP) is 4.11. The first-order valence-electron chi connectivity index (χ1n) is 9.48. The average Bonchev–Trinajstić information content (AvgIpc) is 2.71. The smallest absolute Gasteiger partial charge is 0.232 e. The lowest BCUT2D eigenvalue weighted by atomic mass is 9.99. The number of ketones is 1. The summed E-state index contributed by atoms with van der Waals surface area (Å²) < 4.78 is 0. The SMILES string of the molecule is Cc1cc(SCC(=O)N2CCC(C)CC2)nc(SCC(=O)c2ccccc2)n1. The van der Waals surface area contributed by atoms with Crippen LogP contribution in [0.25, 0.3) is 0 Å². The van der Waals surface area contributed by atoms with E-state index in [-0.39, 0.29) is 11.7 Å². The second kappa shape index (κ2) is 10.1. The number of hydrogen-bond acceptors (Lipinski definition) is 6. The van der Waals surface area contributed by atoms with E-state index >= 15 is 0 Å². The number of Topliss-reactive ketones (excluding diaryl/α,β-unsaturated/α-hetero) is 1. The first-order chi connectivity index (χ1) is 13.5. The predicted molar refractivity (Wildman–Crippen MR) is 114 cm³/mol. The van der Waals surface area contributed by atoms with Gasteiger partial charge in [0.2, 0.25) is 5.91 Å². The average molecular weight is 416 g/mol. The number of carbonyl (C=O) groups is 2. The van der Waals surface area contributed by atoms with E-state index in [2.05, 4.69) is 16.9 Å². The molecule has 0 atom stereocenters. The van der Waals surface area contributed by atoms with Gasteiger partial charge in [-0.05, 0) is 31.7 Å². The minimum atomic E-state index is 0.0550. The van der Waals surface area contributed by atoms with E-state index in [0.717, 1.165) is 36.7 Å². The highest BCUT2D eigenvalue weighted by molar-refractivity contribution is 8.00. The lowest BCUT2D eigenvalue weighted by molar-refractivity contribution is -0.129. The van der Waals surface area contributed by atoms with Crippen molar-refractivity contribution in [1.82, 2.24) is 14.9 Å². The molecule has 1 amide bonds. The van der Waals surface area contributed by atoms with E-state index in [1.54, 1.807) is 0 Å². The zero-order valence-electron chi connectivity index (χ0n) is 16.3. The molecule has 3 rings (SSSR count). The Bertz CT molecular complexity index is 822. The molecule has 7 heteroatoms. The molecule has 28 heavy (non-hydrogen) atoms. The largest absolute Gasteiger partial charge is 0.342 e. The van der Waals surface area contributed by atoms with E-state index in [1.807, 2.05) is 48.2 Å². The fourth-order valence-corrected chi connectivity index (χ4v) is 4.69. The zero-order valence-corrected chi connectivity index (χ0v) is 17.9. The summed E-state index contributed by atoms with van der Waals surface area (Å²) in [6.45, 7) is 5.85. The number of aryl methyl sites for hydroxylation is 1. The van der Waals surface area contributed by atoms with Crippen molar-refractivity contribution >= 4 is 35.2 Å². The molecule has 0 bridgehead atoms. The van der Waals surface area contributed by atoms with Gasteiger partial charge in [0.25, 0.3) is 0 Å². The van der Waals surface area contributed by atoms with Crippen LogP contribution in [0.2, 0.25) is 0 Å². The van der Waals surface area contributed by atoms with Crippen LogP contribution in [0.5, 0.6) is 0 Å². The molecule has 1 saturated heterocycles. The Morgan fingerprint density at radius 3 is 2.50 bits per heavy atom. The molecule has 0 radical (unpaired) electrons. The molecule has 5 nitrogen and oxygen atoms in total. The fraction of sp³-hybridized carbons (Fsp3) is 0.429. The number of thioether (sulfide) groups is 2. The molecular weight excluding hydrogens is 390 g/mol. The van der Waals surface area contributed by atoms with Gasteiger partial charge in [0.05, 0.1) is 11.5 Å². The molecular formula is C21H25N3O2S2. The summed E-state index contributed by atoms with van der Waals surface area (Å²) in [5.74, 6) is 1.61. The van der Waals surface area contributed by atoms with Gasteiger partial charge < -0.3 is 4.90 Å². The normalized spacial score (nSPS) is 14.9. The molecule has 2 aromatic rings. The van der Waals surface area contributed by atoms with Crippen molar-refractivity contribution in [1.29, 1.82) is 0 Å². The number of benzene rings is 1. The Morgan fingerprint density at radius 2 is 1.79 bits per heavy atom. The maximum Gasteiger partial charge on any atom is 0.232 e. The maximum absolute atomic E-state index is 12.4. The summed E-state index contributed by atoms with van der Waals surface area (Å²) in [6, 6.07) is 11.1. The molecule has 0 saturated carbocycles. The van der Waals surface area contributed by atoms with Gasteiger partial charge in [0.15, 0.2) is 10.9 Å². The zero-order chi connectivity index (χ0) is 19.9. The molecule has 1 aromatic carbocycles. The lowest BCUT2D eigenvalue weighted by Crippen LogP contribution is -2.38. The van der Waals surface area contributed by atoms with Crippen LogP contribution in [0, 0.1) is 12.8 Å². The third-order valence-electron chi connectivity index (χ3n) is 4.72. The summed E-state index contributed by atoms with van der Waals surface area (Å²) in [6.07, 6.45) is 2.17. The second-order valence-corrected chi connectivity index (χ2v) is 9.00. The minimum absolute atomic E-state index is 0.0550. The molecule has 2 heterocycles. The number of carbonyl (C=O) groups excluding carboxylic acids is 2. The maximum atomic E-state index is 12.4. The number of likely N-dealkylation sites (tertiary alicyclic amines) is 1. The van der Waals surface area contributed by atoms with Crippen LogP contribution in [0.4, 0.5) is 0 Å². The quantitative estimate of drug-likeness (QED) is 0.293. The van der Waals surface area contributed by atoms with Crippen LogP contribution in [-0.4, -0.2) is 51.2 Å². The molecule has 0 spiro atoms. The van der Waals surface area contributed by atoms with Crippen molar-refractivity contribution < 1.29 is 9.59 Å². The standard InChI is InChI=1S/C21H25N3O2S2/c1-15-8-10-24(11-9-15)20(26)14-27-19-12-16(2)22-21(23-19)28-13-18(25)17-6-4-3-5-7-17/h3-7,12,15H,8-11,13-14H2,1-2H3. The summed E-state index contributed by atoms with van der Waals surface area (Å²) in [5.41, 5.74) is 1.53. The summed E-state index contributed by atoms with van der Waals surface area (Å²) in [5, 5.41) is 1.35. The van der Waals surface area contributed by atoms with Crippen LogP contribution in [0.1, 0.15) is 35.8 Å². The Balaban J connectivity index is 1.54. The van der Waals surface area contributed by atoms with Crippen molar-refractivity contribution in [3.8, 4) is 0 Å². The number of rotatable bonds is 7. The molecule has 1 aliphatic rings. The third-order valence-corrected chi connectivity index (χ3v) is 6.46. The van der Waals surface area contributed by atoms with Crippen LogP contribution < -0.4 is 0 Å². The van der Waals surface area contributed by atoms with Crippen molar-refractivity contribution in [2.75, 3.05) is 24.6 Å². The van der Waals surface area contributed by atoms with Gasteiger partial charge in [-0.2, -0.15) is 0 Å². The number of amides is 1. The molecule has 148 valence electrons. The van der Waals surface area contributed by atoms with Crippen LogP contribution in [-0.2, 0) is 4.79 Å². The molecule has 0 unspecified atom stereocenters. The van der Waals surface area contributed by atoms with E-state index < -0.39 is 0 Å². The van der Waals surface area contributed by atoms with Crippen molar-refractivity contribution in [2.24, 2.45) is 5.92 Å². The van der Waals surface area contributed by atoms with Crippen LogP contribution >= 0.6 is 23.5 Å². The highest BCUT2D eigenvalue weighted by atomic mass is 32.2. The van der Waals surface area contributed by atoms with Gasteiger partial charge in [0, 0.05) is 24.3 Å². The lowest BCUT2D eigenvalue weighted by Gasteiger charge is -2.30. The Hall–Kier alpha value is -1.86. The molecule has 1 aliphatic heterocycles. The number of aromatic nitrogens is 2. The first kappa shape index (κ1) is 20.9. The Labute approximate surface area is 174 Å². The van der Waals surface area contributed by atoms with Gasteiger partial charge in [-0.25, -0.2) is 9.97 Å². The minimum Gasteiger partial charge on any atom is -0.342 e. The molecule has 1 fully saturated rings. The third kappa shape index (κ3) is 6.07. The Kier molecular flexibility index (Phi) is 7.50. The fourth-order valence-electron chi connectivity index (χ4n) is 2.97. The number of nitrogens with zero attached hydrogens (tertiary/aromatic N) is 3. The van der Waals surface area contributed by atoms with Gasteiger partial charge in [0.1, 0.15) is 5.03 Å². The monoisotopic (exact) mass is 415 g/mol. The highest BCUT2D eigenvalue weighted by Gasteiger charge is 2.20. The van der Waals surface area contributed by atoms with Crippen molar-refractivity contribution in [2.45, 2.75) is 36.9 Å². The number of piperidine rings is 1. The van der Waals surface area contributed by atoms with Gasteiger partial charge in [-0.3, -0.25) is 9.59 Å².